The van der Waals surface area contributed by atoms with Crippen LogP contribution in [0.3, 0.4) is 0 Å². The van der Waals surface area contributed by atoms with Gasteiger partial charge in [-0.25, -0.2) is 4.79 Å². The SMILES string of the molecule is CCOc1ccc(OCCNC(=O)CN2C(=O)NC(C)(c3ccco3)C2=O)cc1. The number of carbonyl (C=O) groups excluding carboxylic acids is 3. The van der Waals surface area contributed by atoms with Crippen LogP contribution in [0, 0.1) is 0 Å². The number of imide groups is 1. The van der Waals surface area contributed by atoms with Crippen LogP contribution in [-0.2, 0) is 15.1 Å². The molecule has 4 amide bonds. The summed E-state index contributed by atoms with van der Waals surface area (Å²) in [6, 6.07) is 9.72. The molecule has 0 bridgehead atoms. The molecule has 154 valence electrons. The predicted octanol–water partition coefficient (Wildman–Crippen LogP) is 1.64. The van der Waals surface area contributed by atoms with E-state index < -0.39 is 23.4 Å². The molecule has 2 aromatic rings. The van der Waals surface area contributed by atoms with Gasteiger partial charge in [-0.2, -0.15) is 0 Å². The third-order valence-electron chi connectivity index (χ3n) is 4.42. The van der Waals surface area contributed by atoms with Gasteiger partial charge in [0.05, 0.1) is 19.4 Å². The van der Waals surface area contributed by atoms with Gasteiger partial charge >= 0.3 is 6.03 Å². The molecule has 1 aliphatic rings. The van der Waals surface area contributed by atoms with Gasteiger partial charge in [0.15, 0.2) is 5.54 Å². The molecule has 0 aliphatic carbocycles. The van der Waals surface area contributed by atoms with Crippen molar-refractivity contribution in [3.05, 3.63) is 48.4 Å². The molecule has 0 radical (unpaired) electrons. The van der Waals surface area contributed by atoms with Gasteiger partial charge in [-0.05, 0) is 50.2 Å². The van der Waals surface area contributed by atoms with Crippen molar-refractivity contribution in [3.63, 3.8) is 0 Å². The van der Waals surface area contributed by atoms with Crippen molar-refractivity contribution in [2.24, 2.45) is 0 Å². The number of benzene rings is 1. The second-order valence-corrected chi connectivity index (χ2v) is 6.53. The van der Waals surface area contributed by atoms with Gasteiger partial charge in [0.2, 0.25) is 5.91 Å². The van der Waals surface area contributed by atoms with Gasteiger partial charge in [0.1, 0.15) is 30.4 Å². The molecule has 1 aromatic carbocycles. The van der Waals surface area contributed by atoms with E-state index in [4.69, 9.17) is 13.9 Å². The monoisotopic (exact) mass is 401 g/mol. The standard InChI is InChI=1S/C20H23N3O6/c1-3-27-14-6-8-15(9-7-14)28-12-10-21-17(24)13-23-18(25)20(2,22-19(23)26)16-5-4-11-29-16/h4-9,11H,3,10,12-13H2,1-2H3,(H,21,24)(H,22,26). The molecule has 1 unspecified atom stereocenters. The maximum absolute atomic E-state index is 12.6. The first-order valence-electron chi connectivity index (χ1n) is 9.24. The maximum Gasteiger partial charge on any atom is 0.325 e. The zero-order chi connectivity index (χ0) is 20.9. The Morgan fingerprint density at radius 2 is 1.86 bits per heavy atom. The molecular formula is C20H23N3O6. The first-order valence-corrected chi connectivity index (χ1v) is 9.24. The summed E-state index contributed by atoms with van der Waals surface area (Å²) < 4.78 is 16.1. The number of nitrogens with one attached hydrogen (secondary N) is 2. The Hall–Kier alpha value is -3.49. The topological polar surface area (TPSA) is 110 Å². The number of carbonyl (C=O) groups is 3. The van der Waals surface area contributed by atoms with Crippen molar-refractivity contribution in [2.75, 3.05) is 26.3 Å². The summed E-state index contributed by atoms with van der Waals surface area (Å²) in [5, 5.41) is 5.20. The molecule has 2 heterocycles. The molecule has 3 rings (SSSR count). The molecule has 1 aromatic heterocycles. The van der Waals surface area contributed by atoms with E-state index >= 15 is 0 Å². The Morgan fingerprint density at radius 3 is 2.48 bits per heavy atom. The van der Waals surface area contributed by atoms with Crippen molar-refractivity contribution in [1.29, 1.82) is 0 Å². The molecule has 9 heteroatoms. The number of ether oxygens (including phenoxy) is 2. The first-order chi connectivity index (χ1) is 13.9. The van der Waals surface area contributed by atoms with Gasteiger partial charge in [-0.1, -0.05) is 0 Å². The minimum absolute atomic E-state index is 0.227. The third-order valence-corrected chi connectivity index (χ3v) is 4.42. The number of amides is 4. The molecule has 0 spiro atoms. The minimum atomic E-state index is -1.32. The van der Waals surface area contributed by atoms with Crippen LogP contribution in [-0.4, -0.2) is 49.0 Å². The molecule has 0 saturated carbocycles. The van der Waals surface area contributed by atoms with Gasteiger partial charge in [-0.15, -0.1) is 0 Å². The van der Waals surface area contributed by atoms with Crippen molar-refractivity contribution in [2.45, 2.75) is 19.4 Å². The smallest absolute Gasteiger partial charge is 0.325 e. The Balaban J connectivity index is 1.45. The van der Waals surface area contributed by atoms with E-state index in [9.17, 15) is 14.4 Å². The number of furan rings is 1. The van der Waals surface area contributed by atoms with E-state index in [2.05, 4.69) is 10.6 Å². The highest BCUT2D eigenvalue weighted by Crippen LogP contribution is 2.28. The van der Waals surface area contributed by atoms with Crippen LogP contribution >= 0.6 is 0 Å². The van der Waals surface area contributed by atoms with Crippen molar-refractivity contribution < 1.29 is 28.3 Å². The number of rotatable bonds is 9. The van der Waals surface area contributed by atoms with Gasteiger partial charge in [0.25, 0.3) is 5.91 Å². The van der Waals surface area contributed by atoms with Crippen LogP contribution in [0.5, 0.6) is 11.5 Å². The lowest BCUT2D eigenvalue weighted by Crippen LogP contribution is -2.43. The van der Waals surface area contributed by atoms with Gasteiger partial charge in [-0.3, -0.25) is 14.5 Å². The van der Waals surface area contributed by atoms with Crippen LogP contribution in [0.4, 0.5) is 4.79 Å². The van der Waals surface area contributed by atoms with Crippen molar-refractivity contribution >= 4 is 17.8 Å². The number of nitrogens with zero attached hydrogens (tertiary/aromatic N) is 1. The molecule has 29 heavy (non-hydrogen) atoms. The summed E-state index contributed by atoms with van der Waals surface area (Å²) in [6.07, 6.45) is 1.42. The zero-order valence-corrected chi connectivity index (χ0v) is 16.3. The molecular weight excluding hydrogens is 378 g/mol. The quantitative estimate of drug-likeness (QED) is 0.488. The van der Waals surface area contributed by atoms with E-state index in [-0.39, 0.29) is 19.7 Å². The lowest BCUT2D eigenvalue weighted by molar-refractivity contribution is -0.135. The minimum Gasteiger partial charge on any atom is -0.494 e. The Labute approximate surface area is 167 Å². The summed E-state index contributed by atoms with van der Waals surface area (Å²) in [5.74, 6) is 0.697. The molecule has 1 aliphatic heterocycles. The largest absolute Gasteiger partial charge is 0.494 e. The van der Waals surface area contributed by atoms with E-state index in [1.165, 1.54) is 13.2 Å². The van der Waals surface area contributed by atoms with E-state index in [1.807, 2.05) is 6.92 Å². The molecule has 1 saturated heterocycles. The highest BCUT2D eigenvalue weighted by atomic mass is 16.5. The Kier molecular flexibility index (Phi) is 6.06. The highest BCUT2D eigenvalue weighted by Gasteiger charge is 2.51. The van der Waals surface area contributed by atoms with Gasteiger partial charge in [0, 0.05) is 0 Å². The summed E-state index contributed by atoms with van der Waals surface area (Å²) >= 11 is 0. The predicted molar refractivity (Wildman–Crippen MR) is 102 cm³/mol. The second kappa shape index (κ2) is 8.68. The van der Waals surface area contributed by atoms with Crippen LogP contribution in [0.1, 0.15) is 19.6 Å². The maximum atomic E-state index is 12.6. The average molecular weight is 401 g/mol. The van der Waals surface area contributed by atoms with Crippen LogP contribution in [0.15, 0.2) is 47.1 Å². The summed E-state index contributed by atoms with van der Waals surface area (Å²) in [4.78, 5) is 37.8. The number of hydrogen-bond donors (Lipinski definition) is 2. The van der Waals surface area contributed by atoms with Crippen LogP contribution in [0.25, 0.3) is 0 Å². The second-order valence-electron chi connectivity index (χ2n) is 6.53. The fraction of sp³-hybridized carbons (Fsp3) is 0.350. The lowest BCUT2D eigenvalue weighted by Gasteiger charge is -2.18. The first kappa shape index (κ1) is 20.2. The molecule has 9 nitrogen and oxygen atoms in total. The highest BCUT2D eigenvalue weighted by molar-refractivity contribution is 6.08. The molecule has 1 fully saturated rings. The van der Waals surface area contributed by atoms with Crippen molar-refractivity contribution in [1.82, 2.24) is 15.5 Å². The zero-order valence-electron chi connectivity index (χ0n) is 16.3. The third kappa shape index (κ3) is 4.50. The Morgan fingerprint density at radius 1 is 1.17 bits per heavy atom. The summed E-state index contributed by atoms with van der Waals surface area (Å²) in [7, 11) is 0. The van der Waals surface area contributed by atoms with E-state index in [1.54, 1.807) is 36.4 Å². The van der Waals surface area contributed by atoms with Crippen LogP contribution < -0.4 is 20.1 Å². The van der Waals surface area contributed by atoms with Crippen LogP contribution in [0.2, 0.25) is 0 Å². The van der Waals surface area contributed by atoms with E-state index in [0.29, 0.717) is 18.1 Å². The number of hydrogen-bond acceptors (Lipinski definition) is 6. The fourth-order valence-corrected chi connectivity index (χ4v) is 2.93. The molecule has 2 N–H and O–H groups in total. The summed E-state index contributed by atoms with van der Waals surface area (Å²) in [6.45, 7) is 4.11. The normalized spacial score (nSPS) is 18.5. The lowest BCUT2D eigenvalue weighted by atomic mass is 9.99. The van der Waals surface area contributed by atoms with E-state index in [0.717, 1.165) is 10.6 Å². The number of urea groups is 1. The van der Waals surface area contributed by atoms with Crippen molar-refractivity contribution in [3.8, 4) is 11.5 Å². The molecule has 1 atom stereocenters. The summed E-state index contributed by atoms with van der Waals surface area (Å²) in [5.41, 5.74) is -1.32. The fourth-order valence-electron chi connectivity index (χ4n) is 2.93. The average Bonchev–Trinajstić information content (AvgIpc) is 3.31. The Bertz CT molecular complexity index is 865. The van der Waals surface area contributed by atoms with Gasteiger partial charge < -0.3 is 24.5 Å².